The van der Waals surface area contributed by atoms with E-state index in [0.29, 0.717) is 60.3 Å². The van der Waals surface area contributed by atoms with Crippen molar-refractivity contribution in [3.05, 3.63) is 40.1 Å². The summed E-state index contributed by atoms with van der Waals surface area (Å²) in [6.45, 7) is 4.52. The van der Waals surface area contributed by atoms with Gasteiger partial charge < -0.3 is 25.0 Å². The molecule has 170 valence electrons. The van der Waals surface area contributed by atoms with Gasteiger partial charge in [-0.15, -0.1) is 23.7 Å². The molecule has 1 fully saturated rings. The third-order valence-electron chi connectivity index (χ3n) is 5.24. The van der Waals surface area contributed by atoms with E-state index in [-0.39, 0.29) is 18.3 Å². The summed E-state index contributed by atoms with van der Waals surface area (Å²) in [4.78, 5) is 27.9. The molecule has 2 N–H and O–H groups in total. The van der Waals surface area contributed by atoms with Crippen molar-refractivity contribution in [2.24, 2.45) is 0 Å². The molecule has 1 aliphatic heterocycles. The van der Waals surface area contributed by atoms with Crippen LogP contribution in [0.2, 0.25) is 0 Å². The van der Waals surface area contributed by atoms with E-state index in [9.17, 15) is 4.79 Å². The Morgan fingerprint density at radius 2 is 1.78 bits per heavy atom. The number of methoxy groups -OCH3 is 2. The van der Waals surface area contributed by atoms with E-state index in [2.05, 4.69) is 23.0 Å². The second-order valence-electron chi connectivity index (χ2n) is 7.23. The standard InChI is InChI=1S/C22H25N5O3S.ClH/c1-14-4-5-15(31-14)6-7-20(28)26-8-10-27(11-9-26)22-24-17-13-19(30-3)18(29-2)12-16(17)21(23)25-22;/h4-7,12-13H,8-11H2,1-3H3,(H2,23,24,25);1H/b7-6+;. The number of fused-ring (bicyclic) bond motifs is 1. The van der Waals surface area contributed by atoms with Crippen LogP contribution in [-0.4, -0.2) is 61.2 Å². The molecular formula is C22H26ClN5O3S. The zero-order valence-corrected chi connectivity index (χ0v) is 19.8. The third-order valence-corrected chi connectivity index (χ3v) is 6.21. The Bertz CT molecular complexity index is 1140. The maximum atomic E-state index is 12.5. The fraction of sp³-hybridized carbons (Fsp3) is 0.318. The first-order chi connectivity index (χ1) is 15.0. The number of carbonyl (C=O) groups excluding carboxylic acids is 1. The molecule has 0 spiro atoms. The van der Waals surface area contributed by atoms with Crippen LogP contribution in [0.15, 0.2) is 30.3 Å². The van der Waals surface area contributed by atoms with Crippen LogP contribution >= 0.6 is 23.7 Å². The van der Waals surface area contributed by atoms with Crippen LogP contribution < -0.4 is 20.1 Å². The van der Waals surface area contributed by atoms with Gasteiger partial charge in [-0.05, 0) is 31.2 Å². The number of piperazine rings is 1. The molecule has 1 amide bonds. The molecule has 0 saturated carbocycles. The lowest BCUT2D eigenvalue weighted by atomic mass is 10.2. The number of anilines is 2. The molecule has 2 aromatic heterocycles. The highest BCUT2D eigenvalue weighted by Gasteiger charge is 2.22. The molecule has 0 atom stereocenters. The number of carbonyl (C=O) groups is 1. The Balaban J connectivity index is 0.00000289. The van der Waals surface area contributed by atoms with Crippen molar-refractivity contribution in [2.75, 3.05) is 51.0 Å². The number of thiophene rings is 1. The topological polar surface area (TPSA) is 93.8 Å². The SMILES string of the molecule is COc1cc2nc(N3CCN(C(=O)/C=C/c4ccc(C)s4)CC3)nc(N)c2cc1OC.Cl. The Kier molecular flexibility index (Phi) is 7.42. The first-order valence-electron chi connectivity index (χ1n) is 9.96. The maximum Gasteiger partial charge on any atom is 0.246 e. The number of amides is 1. The average molecular weight is 476 g/mol. The summed E-state index contributed by atoms with van der Waals surface area (Å²) < 4.78 is 10.7. The van der Waals surface area contributed by atoms with Crippen molar-refractivity contribution in [1.29, 1.82) is 0 Å². The highest BCUT2D eigenvalue weighted by atomic mass is 35.5. The predicted molar refractivity (Wildman–Crippen MR) is 131 cm³/mol. The van der Waals surface area contributed by atoms with Gasteiger partial charge in [-0.25, -0.2) is 4.98 Å². The zero-order chi connectivity index (χ0) is 22.0. The van der Waals surface area contributed by atoms with Crippen LogP contribution in [0.1, 0.15) is 9.75 Å². The molecule has 8 nitrogen and oxygen atoms in total. The minimum atomic E-state index is 0. The van der Waals surface area contributed by atoms with Crippen LogP contribution in [0.4, 0.5) is 11.8 Å². The first kappa shape index (κ1) is 23.6. The number of aryl methyl sites for hydroxylation is 1. The summed E-state index contributed by atoms with van der Waals surface area (Å²) in [6.07, 6.45) is 3.52. The highest BCUT2D eigenvalue weighted by molar-refractivity contribution is 7.12. The Labute approximate surface area is 197 Å². The maximum absolute atomic E-state index is 12.5. The first-order valence-corrected chi connectivity index (χ1v) is 10.8. The second kappa shape index (κ2) is 10.1. The van der Waals surface area contributed by atoms with Gasteiger partial charge in [0.2, 0.25) is 11.9 Å². The van der Waals surface area contributed by atoms with Crippen molar-refractivity contribution in [1.82, 2.24) is 14.9 Å². The van der Waals surface area contributed by atoms with Gasteiger partial charge in [0.25, 0.3) is 0 Å². The van der Waals surface area contributed by atoms with Crippen molar-refractivity contribution in [3.63, 3.8) is 0 Å². The van der Waals surface area contributed by atoms with Crippen LogP contribution in [-0.2, 0) is 4.79 Å². The van der Waals surface area contributed by atoms with Crippen LogP contribution in [0.5, 0.6) is 11.5 Å². The highest BCUT2D eigenvalue weighted by Crippen LogP contribution is 2.34. The molecule has 0 bridgehead atoms. The molecule has 10 heteroatoms. The zero-order valence-electron chi connectivity index (χ0n) is 18.2. The lowest BCUT2D eigenvalue weighted by molar-refractivity contribution is -0.126. The lowest BCUT2D eigenvalue weighted by Crippen LogP contribution is -2.48. The van der Waals surface area contributed by atoms with Crippen molar-refractivity contribution in [3.8, 4) is 11.5 Å². The summed E-state index contributed by atoms with van der Waals surface area (Å²) >= 11 is 1.67. The average Bonchev–Trinajstić information content (AvgIpc) is 3.21. The molecule has 0 radical (unpaired) electrons. The summed E-state index contributed by atoms with van der Waals surface area (Å²) in [5.41, 5.74) is 6.89. The molecule has 3 heterocycles. The quantitative estimate of drug-likeness (QED) is 0.565. The van der Waals surface area contributed by atoms with Crippen LogP contribution in [0, 0.1) is 6.92 Å². The molecule has 0 unspecified atom stereocenters. The van der Waals surface area contributed by atoms with E-state index < -0.39 is 0 Å². The van der Waals surface area contributed by atoms with E-state index >= 15 is 0 Å². The molecule has 3 aromatic rings. The van der Waals surface area contributed by atoms with Gasteiger partial charge >= 0.3 is 0 Å². The van der Waals surface area contributed by atoms with Gasteiger partial charge in [-0.2, -0.15) is 4.98 Å². The summed E-state index contributed by atoms with van der Waals surface area (Å²) in [5.74, 6) is 2.11. The van der Waals surface area contributed by atoms with Crippen LogP contribution in [0.25, 0.3) is 17.0 Å². The van der Waals surface area contributed by atoms with Crippen molar-refractivity contribution in [2.45, 2.75) is 6.92 Å². The minimum Gasteiger partial charge on any atom is -0.493 e. The van der Waals surface area contributed by atoms with Gasteiger partial charge in [-0.1, -0.05) is 0 Å². The van der Waals surface area contributed by atoms with Gasteiger partial charge in [0.15, 0.2) is 11.5 Å². The van der Waals surface area contributed by atoms with E-state index in [4.69, 9.17) is 15.2 Å². The summed E-state index contributed by atoms with van der Waals surface area (Å²) in [7, 11) is 3.16. The summed E-state index contributed by atoms with van der Waals surface area (Å²) in [5, 5.41) is 0.712. The van der Waals surface area contributed by atoms with Crippen LogP contribution in [0.3, 0.4) is 0 Å². The fourth-order valence-electron chi connectivity index (χ4n) is 3.54. The number of nitrogen functional groups attached to an aromatic ring is 1. The predicted octanol–water partition coefficient (Wildman–Crippen LogP) is 3.38. The molecular weight excluding hydrogens is 450 g/mol. The number of ether oxygens (including phenoxy) is 2. The fourth-order valence-corrected chi connectivity index (χ4v) is 4.32. The van der Waals surface area contributed by atoms with E-state index in [0.717, 1.165) is 4.88 Å². The number of halogens is 1. The summed E-state index contributed by atoms with van der Waals surface area (Å²) in [6, 6.07) is 7.65. The minimum absolute atomic E-state index is 0. The molecule has 1 aliphatic rings. The number of hydrogen-bond donors (Lipinski definition) is 1. The number of nitrogens with zero attached hydrogens (tertiary/aromatic N) is 4. The second-order valence-corrected chi connectivity index (χ2v) is 8.55. The Morgan fingerprint density at radius 3 is 2.41 bits per heavy atom. The lowest BCUT2D eigenvalue weighted by Gasteiger charge is -2.34. The number of rotatable bonds is 5. The van der Waals surface area contributed by atoms with Gasteiger partial charge in [-0.3, -0.25) is 4.79 Å². The Hall–Kier alpha value is -3.04. The number of aromatic nitrogens is 2. The van der Waals surface area contributed by atoms with Gasteiger partial charge in [0, 0.05) is 53.5 Å². The van der Waals surface area contributed by atoms with Gasteiger partial charge in [0.05, 0.1) is 19.7 Å². The number of hydrogen-bond acceptors (Lipinski definition) is 8. The van der Waals surface area contributed by atoms with E-state index in [1.165, 1.54) is 4.88 Å². The van der Waals surface area contributed by atoms with E-state index in [1.54, 1.807) is 43.8 Å². The van der Waals surface area contributed by atoms with E-state index in [1.807, 2.05) is 21.9 Å². The molecule has 0 aliphatic carbocycles. The molecule has 4 rings (SSSR count). The monoisotopic (exact) mass is 475 g/mol. The molecule has 32 heavy (non-hydrogen) atoms. The smallest absolute Gasteiger partial charge is 0.246 e. The van der Waals surface area contributed by atoms with Crippen molar-refractivity contribution >= 4 is 58.4 Å². The van der Waals surface area contributed by atoms with Gasteiger partial charge in [0.1, 0.15) is 5.82 Å². The normalized spacial score (nSPS) is 14.0. The molecule has 1 saturated heterocycles. The molecule has 1 aromatic carbocycles. The number of benzene rings is 1. The van der Waals surface area contributed by atoms with Crippen molar-refractivity contribution < 1.29 is 14.3 Å². The number of nitrogens with two attached hydrogens (primary N) is 1. The Morgan fingerprint density at radius 1 is 1.09 bits per heavy atom. The largest absolute Gasteiger partial charge is 0.493 e. The third kappa shape index (κ3) is 4.89.